The van der Waals surface area contributed by atoms with Gasteiger partial charge in [0, 0.05) is 0 Å². The predicted octanol–water partition coefficient (Wildman–Crippen LogP) is 5.09. The van der Waals surface area contributed by atoms with Gasteiger partial charge in [0.25, 0.3) is 0 Å². The third kappa shape index (κ3) is 3.64. The lowest BCUT2D eigenvalue weighted by Crippen LogP contribution is -2.10. The van der Waals surface area contributed by atoms with Crippen molar-refractivity contribution in [1.82, 2.24) is 0 Å². The van der Waals surface area contributed by atoms with Crippen LogP contribution in [0.15, 0.2) is 42.5 Å². The highest BCUT2D eigenvalue weighted by Crippen LogP contribution is 2.39. The molecule has 0 heterocycles. The summed E-state index contributed by atoms with van der Waals surface area (Å²) in [5.74, 6) is -1.66. The summed E-state index contributed by atoms with van der Waals surface area (Å²) < 4.78 is 77.5. The van der Waals surface area contributed by atoms with Crippen LogP contribution in [0.3, 0.4) is 0 Å². The fourth-order valence-electron chi connectivity index (χ4n) is 2.05. The minimum absolute atomic E-state index is 0.377. The molecule has 0 saturated heterocycles. The second-order valence-electron chi connectivity index (χ2n) is 4.65. The highest BCUT2D eigenvalue weighted by Gasteiger charge is 2.35. The number of carbonyl (C=O) groups is 1. The highest BCUT2D eigenvalue weighted by atomic mass is 19.4. The Morgan fingerprint density at radius 1 is 0.870 bits per heavy atom. The molecule has 0 bridgehead atoms. The number of hydrogen-bond acceptors (Lipinski definition) is 1. The van der Waals surface area contributed by atoms with E-state index in [-0.39, 0.29) is 0 Å². The Balaban J connectivity index is 2.74. The first-order valence-corrected chi connectivity index (χ1v) is 6.12. The number of rotatable bonds is 2. The lowest BCUT2D eigenvalue weighted by atomic mass is 9.95. The van der Waals surface area contributed by atoms with E-state index < -0.39 is 46.1 Å². The zero-order valence-electron chi connectivity index (χ0n) is 11.2. The Labute approximate surface area is 126 Å². The molecule has 0 aliphatic rings. The summed E-state index contributed by atoms with van der Waals surface area (Å²) in [6.45, 7) is 0. The van der Waals surface area contributed by atoms with Crippen LogP contribution < -0.4 is 0 Å². The van der Waals surface area contributed by atoms with Crippen molar-refractivity contribution < 1.29 is 36.2 Å². The van der Waals surface area contributed by atoms with Gasteiger partial charge in [0.1, 0.15) is 0 Å². The summed E-state index contributed by atoms with van der Waals surface area (Å²) in [5.41, 5.74) is -4.20. The van der Waals surface area contributed by atoms with E-state index in [2.05, 4.69) is 0 Å². The third-order valence-electron chi connectivity index (χ3n) is 3.05. The number of halogens is 6. The lowest BCUT2D eigenvalue weighted by molar-refractivity contribution is -0.137. The molecular weight excluding hydrogens is 326 g/mol. The van der Waals surface area contributed by atoms with E-state index in [9.17, 15) is 31.1 Å². The smallest absolute Gasteiger partial charge is 0.417 e. The van der Waals surface area contributed by atoms with Crippen molar-refractivity contribution in [3.05, 3.63) is 59.2 Å². The molecular formula is C15H8F6O2. The molecule has 0 aromatic heterocycles. The molecule has 0 aliphatic carbocycles. The molecule has 0 aliphatic heterocycles. The normalized spacial score (nSPS) is 12.3. The summed E-state index contributed by atoms with van der Waals surface area (Å²) >= 11 is 0. The maximum Gasteiger partial charge on any atom is 0.417 e. The summed E-state index contributed by atoms with van der Waals surface area (Å²) in [7, 11) is 0. The Morgan fingerprint density at radius 3 is 2.00 bits per heavy atom. The van der Waals surface area contributed by atoms with Gasteiger partial charge in [-0.3, -0.25) is 0 Å². The van der Waals surface area contributed by atoms with Crippen LogP contribution in [0.2, 0.25) is 0 Å². The van der Waals surface area contributed by atoms with Crippen LogP contribution in [0.4, 0.5) is 26.3 Å². The van der Waals surface area contributed by atoms with E-state index >= 15 is 0 Å². The molecule has 0 unspecified atom stereocenters. The van der Waals surface area contributed by atoms with E-state index in [1.54, 1.807) is 0 Å². The minimum atomic E-state index is -4.88. The van der Waals surface area contributed by atoms with Crippen molar-refractivity contribution in [1.29, 1.82) is 0 Å². The van der Waals surface area contributed by atoms with Crippen LogP contribution in [-0.2, 0) is 12.4 Å². The van der Waals surface area contributed by atoms with Gasteiger partial charge in [0.2, 0.25) is 0 Å². The Kier molecular flexibility index (Phi) is 4.10. The Morgan fingerprint density at radius 2 is 1.48 bits per heavy atom. The maximum atomic E-state index is 13.0. The van der Waals surface area contributed by atoms with E-state index in [0.717, 1.165) is 24.3 Å². The standard InChI is InChI=1S/C15H8F6O2/c16-14(17,18)10-6-8(5-9(7-10)13(22)23)11-3-1-2-4-12(11)15(19,20)21/h1-7H,(H,22,23). The van der Waals surface area contributed by atoms with E-state index in [4.69, 9.17) is 5.11 Å². The van der Waals surface area contributed by atoms with Gasteiger partial charge in [-0.25, -0.2) is 4.79 Å². The first kappa shape index (κ1) is 16.9. The number of alkyl halides is 6. The topological polar surface area (TPSA) is 37.3 Å². The second kappa shape index (κ2) is 5.60. The minimum Gasteiger partial charge on any atom is -0.478 e. The van der Waals surface area contributed by atoms with Crippen molar-refractivity contribution >= 4 is 5.97 Å². The number of aromatic carboxylic acids is 1. The molecule has 23 heavy (non-hydrogen) atoms. The largest absolute Gasteiger partial charge is 0.478 e. The number of carboxylic acid groups (broad SMARTS) is 1. The zero-order chi connectivity index (χ0) is 17.4. The maximum absolute atomic E-state index is 13.0. The number of hydrogen-bond donors (Lipinski definition) is 1. The summed E-state index contributed by atoms with van der Waals surface area (Å²) in [6.07, 6.45) is -9.67. The van der Waals surface area contributed by atoms with E-state index in [1.165, 1.54) is 6.07 Å². The molecule has 0 saturated carbocycles. The molecule has 0 amide bonds. The van der Waals surface area contributed by atoms with Gasteiger partial charge in [-0.05, 0) is 35.4 Å². The molecule has 2 rings (SSSR count). The van der Waals surface area contributed by atoms with Crippen LogP contribution in [0, 0.1) is 0 Å². The van der Waals surface area contributed by atoms with Gasteiger partial charge in [0.15, 0.2) is 0 Å². The monoisotopic (exact) mass is 334 g/mol. The van der Waals surface area contributed by atoms with Gasteiger partial charge in [-0.2, -0.15) is 26.3 Å². The third-order valence-corrected chi connectivity index (χ3v) is 3.05. The molecule has 2 nitrogen and oxygen atoms in total. The summed E-state index contributed by atoms with van der Waals surface area (Å²) in [4.78, 5) is 11.0. The van der Waals surface area contributed by atoms with E-state index in [1.807, 2.05) is 0 Å². The first-order chi connectivity index (χ1) is 10.5. The van der Waals surface area contributed by atoms with Crippen molar-refractivity contribution in [3.63, 3.8) is 0 Å². The molecule has 122 valence electrons. The van der Waals surface area contributed by atoms with Crippen LogP contribution in [0.25, 0.3) is 11.1 Å². The Hall–Kier alpha value is -2.51. The predicted molar refractivity (Wildman–Crippen MR) is 68.8 cm³/mol. The van der Waals surface area contributed by atoms with Crippen molar-refractivity contribution in [2.24, 2.45) is 0 Å². The van der Waals surface area contributed by atoms with Crippen molar-refractivity contribution in [2.45, 2.75) is 12.4 Å². The van der Waals surface area contributed by atoms with Gasteiger partial charge in [0.05, 0.1) is 16.7 Å². The SMILES string of the molecule is O=C(O)c1cc(-c2ccccc2C(F)(F)F)cc(C(F)(F)F)c1. The Bertz CT molecular complexity index is 746. The quantitative estimate of drug-likeness (QED) is 0.777. The number of benzene rings is 2. The molecule has 2 aromatic carbocycles. The molecule has 8 heteroatoms. The van der Waals surface area contributed by atoms with Crippen molar-refractivity contribution in [3.8, 4) is 11.1 Å². The van der Waals surface area contributed by atoms with Crippen LogP contribution >= 0.6 is 0 Å². The molecule has 0 atom stereocenters. The molecule has 0 radical (unpaired) electrons. The lowest BCUT2D eigenvalue weighted by Gasteiger charge is -2.15. The van der Waals surface area contributed by atoms with Crippen LogP contribution in [0.1, 0.15) is 21.5 Å². The molecule has 0 spiro atoms. The molecule has 2 aromatic rings. The second-order valence-corrected chi connectivity index (χ2v) is 4.65. The van der Waals surface area contributed by atoms with Gasteiger partial charge >= 0.3 is 18.3 Å². The first-order valence-electron chi connectivity index (χ1n) is 6.12. The fraction of sp³-hybridized carbons (Fsp3) is 0.133. The molecule has 1 N–H and O–H groups in total. The van der Waals surface area contributed by atoms with Gasteiger partial charge in [-0.1, -0.05) is 18.2 Å². The average Bonchev–Trinajstić information content (AvgIpc) is 2.45. The summed E-state index contributed by atoms with van der Waals surface area (Å²) in [6, 6.07) is 5.69. The number of carboxylic acids is 1. The molecule has 0 fully saturated rings. The average molecular weight is 334 g/mol. The van der Waals surface area contributed by atoms with Crippen molar-refractivity contribution in [2.75, 3.05) is 0 Å². The van der Waals surface area contributed by atoms with Crippen LogP contribution in [0.5, 0.6) is 0 Å². The fourth-order valence-corrected chi connectivity index (χ4v) is 2.05. The highest BCUT2D eigenvalue weighted by molar-refractivity contribution is 5.90. The van der Waals surface area contributed by atoms with Crippen LogP contribution in [-0.4, -0.2) is 11.1 Å². The van der Waals surface area contributed by atoms with Gasteiger partial charge in [-0.15, -0.1) is 0 Å². The summed E-state index contributed by atoms with van der Waals surface area (Å²) in [5, 5.41) is 8.89. The van der Waals surface area contributed by atoms with Gasteiger partial charge < -0.3 is 5.11 Å². The zero-order valence-corrected chi connectivity index (χ0v) is 11.2. The van der Waals surface area contributed by atoms with E-state index in [0.29, 0.717) is 12.1 Å².